The van der Waals surface area contributed by atoms with Gasteiger partial charge in [-0.2, -0.15) is 4.98 Å². The highest BCUT2D eigenvalue weighted by molar-refractivity contribution is 5.99. The minimum atomic E-state index is -0.683. The third-order valence-corrected chi connectivity index (χ3v) is 13.8. The monoisotopic (exact) mass is 859 g/mol. The Balaban J connectivity index is 0.856. The third kappa shape index (κ3) is 11.3. The first kappa shape index (κ1) is 44.4. The second-order valence-corrected chi connectivity index (χ2v) is 18.5. The molecule has 0 bridgehead atoms. The zero-order valence-electron chi connectivity index (χ0n) is 37.1. The number of anilines is 1. The molecule has 4 aliphatic rings. The van der Waals surface area contributed by atoms with Crippen LogP contribution in [0.5, 0.6) is 0 Å². The van der Waals surface area contributed by atoms with E-state index in [4.69, 9.17) is 14.1 Å². The summed E-state index contributed by atoms with van der Waals surface area (Å²) in [7, 11) is 1.66. The number of carbonyl (C=O) groups excluding carboxylic acids is 4. The maximum Gasteiger partial charge on any atom is 0.298 e. The van der Waals surface area contributed by atoms with Gasteiger partial charge < -0.3 is 34.9 Å². The molecule has 336 valence electrons. The summed E-state index contributed by atoms with van der Waals surface area (Å²) in [6, 6.07) is 25.7. The first-order valence-electron chi connectivity index (χ1n) is 23.8. The van der Waals surface area contributed by atoms with Crippen LogP contribution in [0.2, 0.25) is 0 Å². The molecule has 1 aromatic heterocycles. The lowest BCUT2D eigenvalue weighted by Gasteiger charge is -2.18. The fourth-order valence-corrected chi connectivity index (χ4v) is 9.83. The van der Waals surface area contributed by atoms with Crippen molar-refractivity contribution in [1.82, 2.24) is 25.8 Å². The van der Waals surface area contributed by atoms with E-state index < -0.39 is 11.8 Å². The van der Waals surface area contributed by atoms with E-state index in [1.165, 1.54) is 68.9 Å². The first-order valence-corrected chi connectivity index (χ1v) is 23.8. The van der Waals surface area contributed by atoms with Gasteiger partial charge >= 0.3 is 0 Å². The Kier molecular flexibility index (Phi) is 14.8. The number of nitrogens with zero attached hydrogens (tertiary/aromatic N) is 3. The largest absolute Gasteiger partial charge is 0.423 e. The lowest BCUT2D eigenvalue weighted by molar-refractivity contribution is -0.133. The van der Waals surface area contributed by atoms with Crippen molar-refractivity contribution in [3.05, 3.63) is 95.6 Å². The summed E-state index contributed by atoms with van der Waals surface area (Å²) >= 11 is 0. The van der Waals surface area contributed by atoms with Crippen LogP contribution in [0.25, 0.3) is 11.1 Å². The van der Waals surface area contributed by atoms with E-state index in [0.29, 0.717) is 42.2 Å². The molecular formula is C51H66N6O6. The highest BCUT2D eigenvalue weighted by Crippen LogP contribution is 2.43. The summed E-state index contributed by atoms with van der Waals surface area (Å²) in [6.07, 6.45) is 15.6. The quantitative estimate of drug-likeness (QED) is 0.0678. The molecule has 8 atom stereocenters. The van der Waals surface area contributed by atoms with Gasteiger partial charge in [0, 0.05) is 62.6 Å². The average molecular weight is 859 g/mol. The Labute approximate surface area is 372 Å². The number of hydrogen-bond donors (Lipinski definition) is 3. The molecule has 2 aliphatic heterocycles. The van der Waals surface area contributed by atoms with Crippen molar-refractivity contribution in [3.63, 3.8) is 0 Å². The first-order chi connectivity index (χ1) is 30.8. The van der Waals surface area contributed by atoms with E-state index in [0.717, 1.165) is 25.7 Å². The van der Waals surface area contributed by atoms with Gasteiger partial charge in [0.1, 0.15) is 5.52 Å². The van der Waals surface area contributed by atoms with Crippen LogP contribution in [0.3, 0.4) is 0 Å². The van der Waals surface area contributed by atoms with Gasteiger partial charge in [-0.25, -0.2) is 0 Å². The van der Waals surface area contributed by atoms with E-state index >= 15 is 0 Å². The van der Waals surface area contributed by atoms with Crippen LogP contribution >= 0.6 is 0 Å². The number of hydrogen-bond acceptors (Lipinski definition) is 8. The molecular weight excluding hydrogens is 793 g/mol. The number of aromatic nitrogens is 1. The number of benzene rings is 3. The van der Waals surface area contributed by atoms with Crippen LogP contribution in [-0.2, 0) is 19.1 Å². The Bertz CT molecular complexity index is 2090. The number of fused-ring (bicyclic) bond motifs is 1. The van der Waals surface area contributed by atoms with Gasteiger partial charge in [0.2, 0.25) is 17.7 Å². The maximum absolute atomic E-state index is 14.2. The topological polar surface area (TPSA) is 146 Å². The van der Waals surface area contributed by atoms with Gasteiger partial charge in [-0.3, -0.25) is 19.2 Å². The molecule has 3 heterocycles. The Morgan fingerprint density at radius 1 is 0.667 bits per heavy atom. The molecule has 3 N–H and O–H groups in total. The number of oxazole rings is 1. The Morgan fingerprint density at radius 3 is 1.78 bits per heavy atom. The summed E-state index contributed by atoms with van der Waals surface area (Å²) < 4.78 is 12.0. The van der Waals surface area contributed by atoms with Gasteiger partial charge in [-0.05, 0) is 48.6 Å². The van der Waals surface area contributed by atoms with Crippen LogP contribution in [0.15, 0.2) is 83.3 Å². The molecule has 63 heavy (non-hydrogen) atoms. The second kappa shape index (κ2) is 21.0. The molecule has 12 nitrogen and oxygen atoms in total. The lowest BCUT2D eigenvalue weighted by Crippen LogP contribution is -2.43. The average Bonchev–Trinajstić information content (AvgIpc) is 4.06. The molecule has 0 radical (unpaired) electrons. The lowest BCUT2D eigenvalue weighted by atomic mass is 9.94. The van der Waals surface area contributed by atoms with E-state index in [-0.39, 0.29) is 72.8 Å². The summed E-state index contributed by atoms with van der Waals surface area (Å²) in [5.74, 6) is -1.50. The summed E-state index contributed by atoms with van der Waals surface area (Å²) in [5.41, 5.74) is 3.83. The Morgan fingerprint density at radius 2 is 1.22 bits per heavy atom. The molecule has 2 aliphatic carbocycles. The number of likely N-dealkylation sites (tertiary alicyclic amines) is 1. The van der Waals surface area contributed by atoms with Gasteiger partial charge in [0.15, 0.2) is 5.58 Å². The van der Waals surface area contributed by atoms with Crippen LogP contribution in [0.1, 0.15) is 130 Å². The van der Waals surface area contributed by atoms with Gasteiger partial charge in [-0.15, -0.1) is 0 Å². The van der Waals surface area contributed by atoms with E-state index in [9.17, 15) is 19.2 Å². The highest BCUT2D eigenvalue weighted by atomic mass is 16.5. The van der Waals surface area contributed by atoms with E-state index in [1.807, 2.05) is 41.3 Å². The van der Waals surface area contributed by atoms with Crippen LogP contribution in [0, 0.1) is 11.8 Å². The predicted molar refractivity (Wildman–Crippen MR) is 244 cm³/mol. The van der Waals surface area contributed by atoms with Crippen molar-refractivity contribution in [1.29, 1.82) is 0 Å². The predicted octanol–water partition coefficient (Wildman–Crippen LogP) is 7.88. The molecule has 4 amide bonds. The number of amides is 4. The molecule has 3 aromatic carbocycles. The van der Waals surface area contributed by atoms with Crippen molar-refractivity contribution in [2.45, 2.75) is 133 Å². The number of methoxy groups -OCH3 is 1. The summed E-state index contributed by atoms with van der Waals surface area (Å²) in [5, 5.41) is 9.62. The Hall–Kier alpha value is -5.23. The molecule has 8 rings (SSSR count). The van der Waals surface area contributed by atoms with E-state index in [1.54, 1.807) is 30.2 Å². The van der Waals surface area contributed by atoms with Crippen LogP contribution < -0.4 is 20.9 Å². The fourth-order valence-electron chi connectivity index (χ4n) is 9.83. The van der Waals surface area contributed by atoms with Crippen LogP contribution in [0.4, 0.5) is 6.01 Å². The van der Waals surface area contributed by atoms with Gasteiger partial charge in [-0.1, -0.05) is 132 Å². The number of unbranched alkanes of at least 4 members (excludes halogenated alkanes) is 10. The second-order valence-electron chi connectivity index (χ2n) is 18.5. The standard InChI is InChI=1S/C51H66N6O6/c1-3-4-5-6-7-8-9-10-11-12-19-24-47(58)52-44-32-57(33-46(44)62-2)51-55-41-26-25-36(27-45(41)63-51)50(61)56-30-39(48(59)53-42-28-37(42)34-20-15-13-16-21-34)40(31-56)49(60)54-43-29-38(43)35-22-17-14-18-23-35/h13-18,20-23,25-27,37-40,42-44,46H,3-12,19,24,28-33H2,1-2H3,(H,52,58)(H,53,59)(H,54,60)/t37-,38-,39-,40-,42+,43+,44+,46+/m1/s1. The smallest absolute Gasteiger partial charge is 0.298 e. The number of nitrogens with one attached hydrogen (secondary N) is 3. The summed E-state index contributed by atoms with van der Waals surface area (Å²) in [6.45, 7) is 3.51. The molecule has 4 fully saturated rings. The fraction of sp³-hybridized carbons (Fsp3) is 0.549. The zero-order valence-corrected chi connectivity index (χ0v) is 37.1. The number of ether oxygens (including phenoxy) is 1. The minimum Gasteiger partial charge on any atom is -0.423 e. The zero-order chi connectivity index (χ0) is 43.7. The molecule has 2 saturated heterocycles. The van der Waals surface area contributed by atoms with Crippen molar-refractivity contribution < 1.29 is 28.3 Å². The molecule has 0 spiro atoms. The maximum atomic E-state index is 14.2. The van der Waals surface area contributed by atoms with E-state index in [2.05, 4.69) is 47.1 Å². The van der Waals surface area contributed by atoms with Gasteiger partial charge in [0.05, 0.1) is 30.5 Å². The van der Waals surface area contributed by atoms with Crippen molar-refractivity contribution in [2.24, 2.45) is 11.8 Å². The van der Waals surface area contributed by atoms with Crippen molar-refractivity contribution in [3.8, 4) is 0 Å². The molecule has 12 heteroatoms. The van der Waals surface area contributed by atoms with Crippen molar-refractivity contribution in [2.75, 3.05) is 38.2 Å². The molecule has 0 unspecified atom stereocenters. The normalized spacial score (nSPS) is 25.0. The van der Waals surface area contributed by atoms with Gasteiger partial charge in [0.25, 0.3) is 11.9 Å². The van der Waals surface area contributed by atoms with Crippen molar-refractivity contribution >= 4 is 40.7 Å². The SMILES string of the molecule is CCCCCCCCCCCCCC(=O)N[C@H]1CN(c2nc3ccc(C(=O)N4C[C@@H](C(=O)N[C@H]5C[C@@H]5c5ccccc5)[C@H](C(=O)N[C@H]5C[C@@H]5c5ccccc5)C4)cc3o2)C[C@@H]1OC. The van der Waals surface area contributed by atoms with Crippen LogP contribution in [-0.4, -0.2) is 91.0 Å². The highest BCUT2D eigenvalue weighted by Gasteiger charge is 2.49. The molecule has 4 aromatic rings. The minimum absolute atomic E-state index is 0.00264. The number of rotatable bonds is 22. The summed E-state index contributed by atoms with van der Waals surface area (Å²) in [4.78, 5) is 63.4. The molecule has 2 saturated carbocycles. The number of carbonyl (C=O) groups is 4. The third-order valence-electron chi connectivity index (χ3n) is 13.8.